The van der Waals surface area contributed by atoms with Crippen LogP contribution in [-0.2, 0) is 23.1 Å². The molecule has 26 heavy (non-hydrogen) atoms. The molecule has 0 atom stereocenters. The monoisotopic (exact) mass is 395 g/mol. The molecule has 2 aliphatic rings. The van der Waals surface area contributed by atoms with E-state index < -0.39 is 10.0 Å². The van der Waals surface area contributed by atoms with E-state index in [4.69, 9.17) is 11.6 Å². The molecule has 3 heterocycles. The van der Waals surface area contributed by atoms with Gasteiger partial charge in [0, 0.05) is 30.6 Å². The van der Waals surface area contributed by atoms with E-state index in [1.54, 1.807) is 4.31 Å². The van der Waals surface area contributed by atoms with Crippen LogP contribution in [0.2, 0.25) is 5.02 Å². The number of hydrogen-bond donors (Lipinski definition) is 0. The van der Waals surface area contributed by atoms with Gasteiger partial charge in [-0.25, -0.2) is 12.7 Å². The van der Waals surface area contributed by atoms with Gasteiger partial charge in [-0.2, -0.15) is 0 Å². The van der Waals surface area contributed by atoms with Crippen LogP contribution >= 0.6 is 11.6 Å². The average molecular weight is 396 g/mol. The molecule has 4 rings (SSSR count). The molecule has 0 unspecified atom stereocenters. The van der Waals surface area contributed by atoms with E-state index in [1.807, 2.05) is 18.2 Å². The predicted molar refractivity (Wildman–Crippen MR) is 99.9 cm³/mol. The first-order valence-corrected chi connectivity index (χ1v) is 10.9. The van der Waals surface area contributed by atoms with Gasteiger partial charge in [0.15, 0.2) is 5.82 Å². The number of benzene rings is 1. The Morgan fingerprint density at radius 3 is 2.58 bits per heavy atom. The van der Waals surface area contributed by atoms with Crippen molar-refractivity contribution in [2.45, 2.75) is 31.8 Å². The highest BCUT2D eigenvalue weighted by molar-refractivity contribution is 7.88. The third-order valence-electron chi connectivity index (χ3n) is 5.18. The minimum atomic E-state index is -3.13. The molecule has 0 bridgehead atoms. The van der Waals surface area contributed by atoms with Gasteiger partial charge in [-0.3, -0.25) is 9.47 Å². The number of halogens is 1. The molecule has 0 spiro atoms. The fraction of sp³-hybridized carbons (Fsp3) is 0.529. The molecular formula is C17H22ClN5O2S. The van der Waals surface area contributed by atoms with Crippen LogP contribution in [-0.4, -0.2) is 58.8 Å². The van der Waals surface area contributed by atoms with Crippen molar-refractivity contribution in [3.05, 3.63) is 40.4 Å². The van der Waals surface area contributed by atoms with E-state index in [0.717, 1.165) is 47.3 Å². The maximum absolute atomic E-state index is 11.8. The number of nitrogens with zero attached hydrogens (tertiary/aromatic N) is 5. The molecule has 140 valence electrons. The first kappa shape index (κ1) is 17.9. The molecule has 1 aromatic heterocycles. The number of rotatable bonds is 2. The summed E-state index contributed by atoms with van der Waals surface area (Å²) in [5.41, 5.74) is 2.22. The zero-order chi connectivity index (χ0) is 18.5. The fourth-order valence-electron chi connectivity index (χ4n) is 3.89. The SMILES string of the molecule is CN1Cc2cc(Cl)ccc2-n2c(nnc2C2CCN(S(C)(=O)=O)CC2)C1. The number of fused-ring (bicyclic) bond motifs is 3. The summed E-state index contributed by atoms with van der Waals surface area (Å²) in [6.45, 7) is 2.56. The van der Waals surface area contributed by atoms with Gasteiger partial charge in [0.1, 0.15) is 5.82 Å². The number of piperidine rings is 1. The Bertz CT molecular complexity index is 935. The maximum Gasteiger partial charge on any atom is 0.211 e. The molecule has 1 fully saturated rings. The second kappa shape index (κ2) is 6.60. The Hall–Kier alpha value is -1.48. The van der Waals surface area contributed by atoms with Crippen LogP contribution in [0.5, 0.6) is 0 Å². The van der Waals surface area contributed by atoms with Gasteiger partial charge in [0.25, 0.3) is 0 Å². The second-order valence-corrected chi connectivity index (χ2v) is 9.61. The van der Waals surface area contributed by atoms with E-state index in [-0.39, 0.29) is 5.92 Å². The molecule has 0 aliphatic carbocycles. The van der Waals surface area contributed by atoms with E-state index in [1.165, 1.54) is 6.26 Å². The van der Waals surface area contributed by atoms with Gasteiger partial charge in [0.05, 0.1) is 18.5 Å². The van der Waals surface area contributed by atoms with Gasteiger partial charge in [-0.1, -0.05) is 11.6 Å². The molecule has 0 saturated carbocycles. The Balaban J connectivity index is 1.71. The van der Waals surface area contributed by atoms with Gasteiger partial charge >= 0.3 is 0 Å². The third kappa shape index (κ3) is 3.26. The lowest BCUT2D eigenvalue weighted by atomic mass is 9.97. The molecule has 0 radical (unpaired) electrons. The summed E-state index contributed by atoms with van der Waals surface area (Å²) < 4.78 is 27.2. The molecule has 1 saturated heterocycles. The van der Waals surface area contributed by atoms with Crippen molar-refractivity contribution in [2.75, 3.05) is 26.4 Å². The Morgan fingerprint density at radius 1 is 1.15 bits per heavy atom. The molecule has 9 heteroatoms. The van der Waals surface area contributed by atoms with Gasteiger partial charge in [-0.05, 0) is 43.7 Å². The summed E-state index contributed by atoms with van der Waals surface area (Å²) in [7, 11) is -1.08. The van der Waals surface area contributed by atoms with Crippen molar-refractivity contribution in [2.24, 2.45) is 0 Å². The van der Waals surface area contributed by atoms with E-state index >= 15 is 0 Å². The smallest absolute Gasteiger partial charge is 0.211 e. The number of sulfonamides is 1. The van der Waals surface area contributed by atoms with Crippen LogP contribution in [0.25, 0.3) is 5.69 Å². The second-order valence-electron chi connectivity index (χ2n) is 7.19. The summed E-state index contributed by atoms with van der Waals surface area (Å²) >= 11 is 6.20. The van der Waals surface area contributed by atoms with Crippen molar-refractivity contribution < 1.29 is 8.42 Å². The highest BCUT2D eigenvalue weighted by Crippen LogP contribution is 2.33. The average Bonchev–Trinajstić information content (AvgIpc) is 2.91. The number of aromatic nitrogens is 3. The minimum absolute atomic E-state index is 0.196. The molecule has 7 nitrogen and oxygen atoms in total. The first-order chi connectivity index (χ1) is 12.3. The van der Waals surface area contributed by atoms with Gasteiger partial charge in [-0.15, -0.1) is 10.2 Å². The van der Waals surface area contributed by atoms with Crippen LogP contribution in [0.1, 0.15) is 36.0 Å². The van der Waals surface area contributed by atoms with Crippen LogP contribution in [0, 0.1) is 0 Å². The predicted octanol–water partition coefficient (Wildman–Crippen LogP) is 2.01. The standard InChI is InChI=1S/C17H22ClN5O2S/c1-21-10-13-9-14(18)3-4-15(13)23-16(11-21)19-20-17(23)12-5-7-22(8-6-12)26(2,24)25/h3-4,9,12H,5-8,10-11H2,1-2H3. The van der Waals surface area contributed by atoms with Crippen molar-refractivity contribution in [3.63, 3.8) is 0 Å². The lowest BCUT2D eigenvalue weighted by Crippen LogP contribution is -2.37. The normalized spacial score (nSPS) is 19.8. The third-order valence-corrected chi connectivity index (χ3v) is 6.72. The molecule has 2 aromatic rings. The Morgan fingerprint density at radius 2 is 1.88 bits per heavy atom. The zero-order valence-corrected chi connectivity index (χ0v) is 16.5. The maximum atomic E-state index is 11.8. The summed E-state index contributed by atoms with van der Waals surface area (Å²) in [4.78, 5) is 2.19. The molecule has 0 N–H and O–H groups in total. The quantitative estimate of drug-likeness (QED) is 0.777. The topological polar surface area (TPSA) is 71.3 Å². The van der Waals surface area contributed by atoms with Gasteiger partial charge in [0.2, 0.25) is 10.0 Å². The molecule has 0 amide bonds. The van der Waals surface area contributed by atoms with Crippen LogP contribution in [0.15, 0.2) is 18.2 Å². The van der Waals surface area contributed by atoms with Crippen LogP contribution < -0.4 is 0 Å². The fourth-order valence-corrected chi connectivity index (χ4v) is 4.96. The molecule has 1 aromatic carbocycles. The highest BCUT2D eigenvalue weighted by Gasteiger charge is 2.31. The summed E-state index contributed by atoms with van der Waals surface area (Å²) in [5.74, 6) is 2.03. The summed E-state index contributed by atoms with van der Waals surface area (Å²) in [6.07, 6.45) is 2.78. The molecular weight excluding hydrogens is 374 g/mol. The molecule has 2 aliphatic heterocycles. The lowest BCUT2D eigenvalue weighted by Gasteiger charge is -2.30. The van der Waals surface area contributed by atoms with E-state index in [2.05, 4.69) is 26.7 Å². The van der Waals surface area contributed by atoms with E-state index in [0.29, 0.717) is 19.6 Å². The van der Waals surface area contributed by atoms with E-state index in [9.17, 15) is 8.42 Å². The summed E-state index contributed by atoms with van der Waals surface area (Å²) in [5, 5.41) is 9.65. The largest absolute Gasteiger partial charge is 0.295 e. The summed E-state index contributed by atoms with van der Waals surface area (Å²) in [6, 6.07) is 5.92. The van der Waals surface area contributed by atoms with Crippen molar-refractivity contribution in [1.29, 1.82) is 0 Å². The lowest BCUT2D eigenvalue weighted by molar-refractivity contribution is 0.311. The zero-order valence-electron chi connectivity index (χ0n) is 14.9. The van der Waals surface area contributed by atoms with Gasteiger partial charge < -0.3 is 0 Å². The van der Waals surface area contributed by atoms with Crippen molar-refractivity contribution in [3.8, 4) is 5.69 Å². The first-order valence-electron chi connectivity index (χ1n) is 8.69. The van der Waals surface area contributed by atoms with Crippen LogP contribution in [0.4, 0.5) is 0 Å². The van der Waals surface area contributed by atoms with Crippen molar-refractivity contribution >= 4 is 21.6 Å². The highest BCUT2D eigenvalue weighted by atomic mass is 35.5. The van der Waals surface area contributed by atoms with Crippen LogP contribution in [0.3, 0.4) is 0 Å². The minimum Gasteiger partial charge on any atom is -0.295 e. The Kier molecular flexibility index (Phi) is 4.54. The Labute approximate surface area is 158 Å². The van der Waals surface area contributed by atoms with Crippen molar-refractivity contribution in [1.82, 2.24) is 24.0 Å². The number of hydrogen-bond acceptors (Lipinski definition) is 5.